The molecule has 0 saturated heterocycles. The lowest BCUT2D eigenvalue weighted by molar-refractivity contribution is 0.628. The van der Waals surface area contributed by atoms with Gasteiger partial charge >= 0.3 is 0 Å². The molecule has 0 saturated carbocycles. The van der Waals surface area contributed by atoms with Crippen molar-refractivity contribution in [1.82, 2.24) is 24.6 Å². The number of aromatic nitrogens is 5. The molecule has 3 N–H and O–H groups in total. The van der Waals surface area contributed by atoms with Gasteiger partial charge in [0, 0.05) is 28.9 Å². The molecule has 0 bridgehead atoms. The number of halogens is 1. The van der Waals surface area contributed by atoms with E-state index in [0.29, 0.717) is 22.7 Å². The van der Waals surface area contributed by atoms with Crippen molar-refractivity contribution in [2.45, 2.75) is 6.92 Å². The predicted molar refractivity (Wildman–Crippen MR) is 103 cm³/mol. The molecule has 0 aliphatic heterocycles. The minimum absolute atomic E-state index is 0.295. The summed E-state index contributed by atoms with van der Waals surface area (Å²) in [5.41, 5.74) is 11.5. The van der Waals surface area contributed by atoms with E-state index in [-0.39, 0.29) is 5.82 Å². The monoisotopic (exact) mass is 358 g/mol. The Morgan fingerprint density at radius 3 is 2.85 bits per heavy atom. The summed E-state index contributed by atoms with van der Waals surface area (Å²) in [6.07, 6.45) is 3.51. The summed E-state index contributed by atoms with van der Waals surface area (Å²) < 4.78 is 15.8. The lowest BCUT2D eigenvalue weighted by Crippen LogP contribution is -2.03. The molecule has 0 aliphatic rings. The van der Waals surface area contributed by atoms with Crippen LogP contribution in [0.3, 0.4) is 0 Å². The first-order chi connectivity index (χ1) is 13.1. The fourth-order valence-electron chi connectivity index (χ4n) is 3.42. The van der Waals surface area contributed by atoms with Crippen LogP contribution in [0.4, 0.5) is 10.2 Å². The summed E-state index contributed by atoms with van der Waals surface area (Å²) >= 11 is 0. The average Bonchev–Trinajstić information content (AvgIpc) is 3.29. The molecule has 132 valence electrons. The van der Waals surface area contributed by atoms with Crippen molar-refractivity contribution in [3.8, 4) is 22.5 Å². The molecule has 0 atom stereocenters. The minimum atomic E-state index is -0.328. The lowest BCUT2D eigenvalue weighted by Gasteiger charge is -2.14. The number of aryl methyl sites for hydroxylation is 1. The number of hydrogen-bond acceptors (Lipinski definition) is 4. The van der Waals surface area contributed by atoms with Gasteiger partial charge in [0.1, 0.15) is 5.82 Å². The van der Waals surface area contributed by atoms with Crippen LogP contribution in [0, 0.1) is 12.7 Å². The van der Waals surface area contributed by atoms with Crippen molar-refractivity contribution >= 4 is 22.4 Å². The van der Waals surface area contributed by atoms with Gasteiger partial charge in [-0.25, -0.2) is 14.4 Å². The Balaban J connectivity index is 1.88. The Morgan fingerprint density at radius 2 is 2.00 bits per heavy atom. The number of imidazole rings is 1. The molecule has 27 heavy (non-hydrogen) atoms. The number of hydrogen-bond donors (Lipinski definition) is 2. The van der Waals surface area contributed by atoms with Gasteiger partial charge in [0.25, 0.3) is 0 Å². The van der Waals surface area contributed by atoms with Gasteiger partial charge in [-0.2, -0.15) is 5.10 Å². The van der Waals surface area contributed by atoms with Crippen molar-refractivity contribution in [3.05, 3.63) is 66.4 Å². The zero-order valence-corrected chi connectivity index (χ0v) is 14.4. The van der Waals surface area contributed by atoms with E-state index in [4.69, 9.17) is 5.73 Å². The Morgan fingerprint density at radius 1 is 1.11 bits per heavy atom. The second-order valence-electron chi connectivity index (χ2n) is 6.39. The smallest absolute Gasteiger partial charge is 0.180 e. The van der Waals surface area contributed by atoms with E-state index in [2.05, 4.69) is 20.2 Å². The van der Waals surface area contributed by atoms with Crippen molar-refractivity contribution in [2.24, 2.45) is 0 Å². The van der Waals surface area contributed by atoms with Gasteiger partial charge in [-0.1, -0.05) is 18.2 Å². The highest BCUT2D eigenvalue weighted by molar-refractivity contribution is 5.90. The molecule has 0 unspecified atom stereocenters. The normalized spacial score (nSPS) is 11.5. The first kappa shape index (κ1) is 15.5. The van der Waals surface area contributed by atoms with Crippen molar-refractivity contribution in [3.63, 3.8) is 0 Å². The highest BCUT2D eigenvalue weighted by atomic mass is 19.1. The van der Waals surface area contributed by atoms with Crippen LogP contribution in [0.2, 0.25) is 0 Å². The number of anilines is 1. The number of nitrogens with one attached hydrogen (secondary N) is 1. The minimum Gasteiger partial charge on any atom is -0.381 e. The maximum atomic E-state index is 13.9. The summed E-state index contributed by atoms with van der Waals surface area (Å²) in [5, 5.41) is 8.28. The fraction of sp³-hybridized carbons (Fsp3) is 0.0500. The van der Waals surface area contributed by atoms with Gasteiger partial charge in [-0.05, 0) is 31.2 Å². The Bertz CT molecular complexity index is 1320. The number of nitrogens with two attached hydrogens (primary N) is 1. The van der Waals surface area contributed by atoms with Crippen LogP contribution in [-0.4, -0.2) is 24.6 Å². The summed E-state index contributed by atoms with van der Waals surface area (Å²) in [5.74, 6) is -0.0331. The van der Waals surface area contributed by atoms with Gasteiger partial charge in [0.05, 0.1) is 22.6 Å². The molecule has 5 rings (SSSR count). The van der Waals surface area contributed by atoms with Crippen LogP contribution in [0.5, 0.6) is 0 Å². The van der Waals surface area contributed by atoms with E-state index in [1.165, 1.54) is 12.1 Å². The second kappa shape index (κ2) is 5.63. The van der Waals surface area contributed by atoms with E-state index in [0.717, 1.165) is 27.9 Å². The van der Waals surface area contributed by atoms with Gasteiger partial charge < -0.3 is 5.73 Å². The molecule has 3 heterocycles. The number of nitrogen functional groups attached to an aromatic ring is 1. The Hall–Kier alpha value is -3.74. The standard InChI is InChI=1S/C20H15FN6/c1-11-15-10-13(5-6-16(15)26-25-11)18-17(12-3-2-4-14(21)9-12)24-19(22)20-23-7-8-27(18)20/h2-10H,1H3,(H2,22,24)(H,25,26). The molecule has 3 aromatic heterocycles. The molecule has 2 aromatic carbocycles. The number of H-pyrrole nitrogens is 1. The number of fused-ring (bicyclic) bond motifs is 2. The number of nitrogens with zero attached hydrogens (tertiary/aromatic N) is 4. The summed E-state index contributed by atoms with van der Waals surface area (Å²) in [6.45, 7) is 1.95. The molecule has 0 fully saturated rings. The summed E-state index contributed by atoms with van der Waals surface area (Å²) in [7, 11) is 0. The molecule has 7 heteroatoms. The van der Waals surface area contributed by atoms with Crippen LogP contribution in [0.25, 0.3) is 39.1 Å². The highest BCUT2D eigenvalue weighted by Crippen LogP contribution is 2.34. The maximum Gasteiger partial charge on any atom is 0.180 e. The van der Waals surface area contributed by atoms with E-state index in [9.17, 15) is 4.39 Å². The Labute approximate surface area is 153 Å². The van der Waals surface area contributed by atoms with Gasteiger partial charge in [-0.3, -0.25) is 9.50 Å². The molecule has 0 spiro atoms. The van der Waals surface area contributed by atoms with E-state index in [1.807, 2.05) is 41.8 Å². The highest BCUT2D eigenvalue weighted by Gasteiger charge is 2.18. The fourth-order valence-corrected chi connectivity index (χ4v) is 3.42. The predicted octanol–water partition coefficient (Wildman–Crippen LogP) is 3.97. The summed E-state index contributed by atoms with van der Waals surface area (Å²) in [6, 6.07) is 12.3. The SMILES string of the molecule is Cc1n[nH]c2ccc(-c3c(-c4cccc(F)c4)nc(N)c4nccn34)cc12. The van der Waals surface area contributed by atoms with E-state index in [1.54, 1.807) is 12.3 Å². The molecule has 0 aliphatic carbocycles. The van der Waals surface area contributed by atoms with Crippen LogP contribution in [0.1, 0.15) is 5.69 Å². The second-order valence-corrected chi connectivity index (χ2v) is 6.39. The third-order valence-corrected chi connectivity index (χ3v) is 4.69. The van der Waals surface area contributed by atoms with Gasteiger partial charge in [0.2, 0.25) is 0 Å². The summed E-state index contributed by atoms with van der Waals surface area (Å²) in [4.78, 5) is 8.87. The molecule has 0 amide bonds. The maximum absolute atomic E-state index is 13.9. The van der Waals surface area contributed by atoms with Gasteiger partial charge in [-0.15, -0.1) is 0 Å². The van der Waals surface area contributed by atoms with Crippen molar-refractivity contribution in [1.29, 1.82) is 0 Å². The first-order valence-corrected chi connectivity index (χ1v) is 8.45. The van der Waals surface area contributed by atoms with E-state index >= 15 is 0 Å². The first-order valence-electron chi connectivity index (χ1n) is 8.45. The zero-order chi connectivity index (χ0) is 18.5. The molecule has 5 aromatic rings. The van der Waals surface area contributed by atoms with Crippen LogP contribution in [0.15, 0.2) is 54.9 Å². The Kier molecular flexibility index (Phi) is 3.24. The lowest BCUT2D eigenvalue weighted by atomic mass is 10.0. The number of rotatable bonds is 2. The van der Waals surface area contributed by atoms with E-state index < -0.39 is 0 Å². The molecule has 0 radical (unpaired) electrons. The van der Waals surface area contributed by atoms with Crippen LogP contribution in [-0.2, 0) is 0 Å². The van der Waals surface area contributed by atoms with Crippen molar-refractivity contribution < 1.29 is 4.39 Å². The average molecular weight is 358 g/mol. The topological polar surface area (TPSA) is 84.9 Å². The largest absolute Gasteiger partial charge is 0.381 e. The zero-order valence-electron chi connectivity index (χ0n) is 14.4. The van der Waals surface area contributed by atoms with Crippen molar-refractivity contribution in [2.75, 3.05) is 5.73 Å². The number of aromatic amines is 1. The molecular formula is C20H15FN6. The third kappa shape index (κ3) is 2.36. The quantitative estimate of drug-likeness (QED) is 0.500. The molecular weight excluding hydrogens is 343 g/mol. The third-order valence-electron chi connectivity index (χ3n) is 4.69. The molecule has 6 nitrogen and oxygen atoms in total. The van der Waals surface area contributed by atoms with Gasteiger partial charge in [0.15, 0.2) is 11.5 Å². The van der Waals surface area contributed by atoms with Crippen LogP contribution < -0.4 is 5.73 Å². The van der Waals surface area contributed by atoms with Crippen LogP contribution >= 0.6 is 0 Å². The number of benzene rings is 2.